The SMILES string of the molecule is C[C@@H](N)c1ccc(Oc2cccc3ccccc23)cc1Br. The number of ether oxygens (including phenoxy) is 1. The maximum Gasteiger partial charge on any atom is 0.135 e. The summed E-state index contributed by atoms with van der Waals surface area (Å²) in [6, 6.07) is 20.2. The number of rotatable bonds is 3. The molecule has 3 heteroatoms. The second-order valence-electron chi connectivity index (χ2n) is 5.05. The van der Waals surface area contributed by atoms with Gasteiger partial charge in [-0.1, -0.05) is 58.4 Å². The summed E-state index contributed by atoms with van der Waals surface area (Å²) >= 11 is 3.55. The number of nitrogens with two attached hydrogens (primary N) is 1. The van der Waals surface area contributed by atoms with E-state index in [2.05, 4.69) is 34.1 Å². The Morgan fingerprint density at radius 2 is 1.76 bits per heavy atom. The molecule has 2 nitrogen and oxygen atoms in total. The molecule has 3 aromatic rings. The predicted molar refractivity (Wildman–Crippen MR) is 90.8 cm³/mol. The summed E-state index contributed by atoms with van der Waals surface area (Å²) in [6.07, 6.45) is 0. The molecule has 0 unspecified atom stereocenters. The Morgan fingerprint density at radius 1 is 1.00 bits per heavy atom. The first-order valence-corrected chi connectivity index (χ1v) is 7.65. The molecule has 0 spiro atoms. The van der Waals surface area contributed by atoms with E-state index >= 15 is 0 Å². The van der Waals surface area contributed by atoms with Gasteiger partial charge >= 0.3 is 0 Å². The highest BCUT2D eigenvalue weighted by atomic mass is 79.9. The Kier molecular flexibility index (Phi) is 3.95. The maximum absolute atomic E-state index is 6.04. The van der Waals surface area contributed by atoms with Crippen molar-refractivity contribution >= 4 is 26.7 Å². The van der Waals surface area contributed by atoms with Gasteiger partial charge in [-0.25, -0.2) is 0 Å². The minimum Gasteiger partial charge on any atom is -0.457 e. The average molecular weight is 342 g/mol. The van der Waals surface area contributed by atoms with E-state index in [1.165, 1.54) is 5.39 Å². The lowest BCUT2D eigenvalue weighted by molar-refractivity contribution is 0.487. The molecule has 0 aliphatic heterocycles. The molecule has 1 atom stereocenters. The minimum atomic E-state index is -0.00835. The van der Waals surface area contributed by atoms with E-state index < -0.39 is 0 Å². The summed E-state index contributed by atoms with van der Waals surface area (Å²) in [6.45, 7) is 1.96. The van der Waals surface area contributed by atoms with Gasteiger partial charge in [0.2, 0.25) is 0 Å². The van der Waals surface area contributed by atoms with Crippen molar-refractivity contribution in [3.63, 3.8) is 0 Å². The third-order valence-electron chi connectivity index (χ3n) is 3.44. The molecule has 0 bridgehead atoms. The van der Waals surface area contributed by atoms with Crippen molar-refractivity contribution in [2.45, 2.75) is 13.0 Å². The van der Waals surface area contributed by atoms with E-state index in [1.807, 2.05) is 49.4 Å². The normalized spacial score (nSPS) is 12.3. The molecule has 106 valence electrons. The smallest absolute Gasteiger partial charge is 0.135 e. The molecule has 0 radical (unpaired) electrons. The fraction of sp³-hybridized carbons (Fsp3) is 0.111. The quantitative estimate of drug-likeness (QED) is 0.690. The molecule has 3 rings (SSSR count). The molecule has 0 saturated carbocycles. The number of halogens is 1. The molecule has 0 saturated heterocycles. The maximum atomic E-state index is 6.04. The highest BCUT2D eigenvalue weighted by molar-refractivity contribution is 9.10. The highest BCUT2D eigenvalue weighted by Gasteiger charge is 2.08. The zero-order valence-electron chi connectivity index (χ0n) is 11.7. The van der Waals surface area contributed by atoms with Gasteiger partial charge in [-0.05, 0) is 36.1 Å². The van der Waals surface area contributed by atoms with Crippen molar-refractivity contribution in [2.24, 2.45) is 5.73 Å². The second-order valence-corrected chi connectivity index (χ2v) is 5.91. The van der Waals surface area contributed by atoms with Crippen LogP contribution in [0.3, 0.4) is 0 Å². The van der Waals surface area contributed by atoms with Crippen molar-refractivity contribution in [2.75, 3.05) is 0 Å². The number of benzene rings is 3. The van der Waals surface area contributed by atoms with Gasteiger partial charge in [-0.15, -0.1) is 0 Å². The summed E-state index contributed by atoms with van der Waals surface area (Å²) in [4.78, 5) is 0. The van der Waals surface area contributed by atoms with Gasteiger partial charge in [0.05, 0.1) is 0 Å². The van der Waals surface area contributed by atoms with Crippen LogP contribution in [0.15, 0.2) is 65.1 Å². The first-order chi connectivity index (χ1) is 10.1. The molecule has 3 aromatic carbocycles. The third-order valence-corrected chi connectivity index (χ3v) is 4.13. The van der Waals surface area contributed by atoms with Gasteiger partial charge in [0.15, 0.2) is 0 Å². The van der Waals surface area contributed by atoms with Gasteiger partial charge in [0.25, 0.3) is 0 Å². The van der Waals surface area contributed by atoms with E-state index in [4.69, 9.17) is 10.5 Å². The largest absolute Gasteiger partial charge is 0.457 e. The van der Waals surface area contributed by atoms with Gasteiger partial charge in [0.1, 0.15) is 11.5 Å². The average Bonchev–Trinajstić information content (AvgIpc) is 2.47. The summed E-state index contributed by atoms with van der Waals surface area (Å²) in [5.41, 5.74) is 6.99. The van der Waals surface area contributed by atoms with Crippen molar-refractivity contribution in [3.8, 4) is 11.5 Å². The van der Waals surface area contributed by atoms with E-state index in [1.54, 1.807) is 0 Å². The lowest BCUT2D eigenvalue weighted by atomic mass is 10.1. The fourth-order valence-corrected chi connectivity index (χ4v) is 3.07. The van der Waals surface area contributed by atoms with Gasteiger partial charge in [0, 0.05) is 15.9 Å². The minimum absolute atomic E-state index is 0.00835. The first-order valence-electron chi connectivity index (χ1n) is 6.86. The van der Waals surface area contributed by atoms with Crippen LogP contribution in [0.2, 0.25) is 0 Å². The van der Waals surface area contributed by atoms with Crippen LogP contribution in [0.5, 0.6) is 11.5 Å². The Balaban J connectivity index is 1.97. The van der Waals surface area contributed by atoms with E-state index in [0.717, 1.165) is 26.9 Å². The molecular formula is C18H16BrNO. The predicted octanol–water partition coefficient (Wildman–Crippen LogP) is 5.41. The number of hydrogen-bond acceptors (Lipinski definition) is 2. The molecule has 0 amide bonds. The van der Waals surface area contributed by atoms with Crippen molar-refractivity contribution < 1.29 is 4.74 Å². The first kappa shape index (κ1) is 14.1. The second kappa shape index (κ2) is 5.88. The molecule has 21 heavy (non-hydrogen) atoms. The zero-order chi connectivity index (χ0) is 14.8. The fourth-order valence-electron chi connectivity index (χ4n) is 2.35. The van der Waals surface area contributed by atoms with Crippen LogP contribution in [-0.4, -0.2) is 0 Å². The summed E-state index contributed by atoms with van der Waals surface area (Å²) in [5.74, 6) is 1.65. The van der Waals surface area contributed by atoms with Crippen LogP contribution in [0, 0.1) is 0 Å². The number of fused-ring (bicyclic) bond motifs is 1. The zero-order valence-corrected chi connectivity index (χ0v) is 13.3. The highest BCUT2D eigenvalue weighted by Crippen LogP contribution is 2.32. The Bertz CT molecular complexity index is 778. The van der Waals surface area contributed by atoms with Crippen molar-refractivity contribution in [3.05, 3.63) is 70.7 Å². The number of hydrogen-bond donors (Lipinski definition) is 1. The van der Waals surface area contributed by atoms with Crippen molar-refractivity contribution in [1.82, 2.24) is 0 Å². The summed E-state index contributed by atoms with van der Waals surface area (Å²) in [5, 5.41) is 2.27. The lowest BCUT2D eigenvalue weighted by Crippen LogP contribution is -2.05. The van der Waals surface area contributed by atoms with Crippen LogP contribution in [0.4, 0.5) is 0 Å². The molecule has 0 aliphatic carbocycles. The van der Waals surface area contributed by atoms with Crippen LogP contribution >= 0.6 is 15.9 Å². The van der Waals surface area contributed by atoms with Gasteiger partial charge in [-0.3, -0.25) is 0 Å². The Labute approximate surface area is 132 Å². The van der Waals surface area contributed by atoms with Crippen LogP contribution < -0.4 is 10.5 Å². The molecule has 0 heterocycles. The molecule has 0 aliphatic rings. The Morgan fingerprint density at radius 3 is 2.52 bits per heavy atom. The molecular weight excluding hydrogens is 326 g/mol. The van der Waals surface area contributed by atoms with Gasteiger partial charge < -0.3 is 10.5 Å². The standard InChI is InChI=1S/C18H16BrNO/c1-12(20)15-10-9-14(11-17(15)19)21-18-8-4-6-13-5-2-3-7-16(13)18/h2-12H,20H2,1H3/t12-/m1/s1. The summed E-state index contributed by atoms with van der Waals surface area (Å²) in [7, 11) is 0. The van der Waals surface area contributed by atoms with E-state index in [-0.39, 0.29) is 6.04 Å². The van der Waals surface area contributed by atoms with Crippen LogP contribution in [0.25, 0.3) is 10.8 Å². The summed E-state index contributed by atoms with van der Waals surface area (Å²) < 4.78 is 7.00. The monoisotopic (exact) mass is 341 g/mol. The van der Waals surface area contributed by atoms with E-state index in [0.29, 0.717) is 0 Å². The Hall–Kier alpha value is -1.84. The topological polar surface area (TPSA) is 35.2 Å². The lowest BCUT2D eigenvalue weighted by Gasteiger charge is -2.12. The van der Waals surface area contributed by atoms with Crippen molar-refractivity contribution in [1.29, 1.82) is 0 Å². The van der Waals surface area contributed by atoms with Gasteiger partial charge in [-0.2, -0.15) is 0 Å². The van der Waals surface area contributed by atoms with Crippen LogP contribution in [-0.2, 0) is 0 Å². The van der Waals surface area contributed by atoms with E-state index in [9.17, 15) is 0 Å². The molecule has 2 N–H and O–H groups in total. The molecule has 0 fully saturated rings. The third kappa shape index (κ3) is 2.94. The molecule has 0 aromatic heterocycles. The van der Waals surface area contributed by atoms with Crippen LogP contribution in [0.1, 0.15) is 18.5 Å².